The molecule has 0 saturated heterocycles. The molecule has 1 aromatic carbocycles. The van der Waals surface area contributed by atoms with Crippen LogP contribution in [0.2, 0.25) is 0 Å². The van der Waals surface area contributed by atoms with Gasteiger partial charge in [-0.25, -0.2) is 18.4 Å². The van der Waals surface area contributed by atoms with E-state index in [1.807, 2.05) is 0 Å². The van der Waals surface area contributed by atoms with E-state index in [1.54, 1.807) is 32.9 Å². The summed E-state index contributed by atoms with van der Waals surface area (Å²) in [6.07, 6.45) is 0. The number of carbonyl (C=O) groups is 1. The first kappa shape index (κ1) is 21.4. The van der Waals surface area contributed by atoms with Gasteiger partial charge in [-0.1, -0.05) is 0 Å². The first-order valence-electron chi connectivity index (χ1n) is 8.50. The third kappa shape index (κ3) is 4.17. The highest BCUT2D eigenvalue weighted by Gasteiger charge is 2.46. The first-order valence-corrected chi connectivity index (χ1v) is 9.99. The second kappa shape index (κ2) is 7.52. The van der Waals surface area contributed by atoms with Crippen molar-refractivity contribution in [3.63, 3.8) is 0 Å². The molecule has 0 atom stereocenters. The van der Waals surface area contributed by atoms with E-state index in [0.29, 0.717) is 17.1 Å². The molecule has 2 heterocycles. The molecule has 0 aliphatic carbocycles. The highest BCUT2D eigenvalue weighted by atomic mass is 32.2. The summed E-state index contributed by atoms with van der Waals surface area (Å²) in [6, 6.07) is 6.79. The average molecular weight is 439 g/mol. The van der Waals surface area contributed by atoms with Gasteiger partial charge >= 0.3 is 5.51 Å². The number of rotatable bonds is 4. The fourth-order valence-electron chi connectivity index (χ4n) is 2.65. The summed E-state index contributed by atoms with van der Waals surface area (Å²) in [5.74, 6) is -0.187. The van der Waals surface area contributed by atoms with E-state index < -0.39 is 26.1 Å². The summed E-state index contributed by atoms with van der Waals surface area (Å²) in [5.41, 5.74) is -3.50. The van der Waals surface area contributed by atoms with Gasteiger partial charge in [0.1, 0.15) is 5.82 Å². The minimum absolute atomic E-state index is 0.0390. The van der Waals surface area contributed by atoms with Crippen LogP contribution in [0.1, 0.15) is 27.4 Å². The molecule has 1 amide bonds. The Labute approximate surface area is 169 Å². The van der Waals surface area contributed by atoms with Crippen LogP contribution in [0.25, 0.3) is 5.95 Å². The van der Waals surface area contributed by atoms with E-state index in [1.165, 1.54) is 4.68 Å². The number of carbonyl (C=O) groups excluding carboxylic acids is 1. The van der Waals surface area contributed by atoms with Crippen LogP contribution in [0.4, 0.5) is 19.0 Å². The smallest absolute Gasteiger partial charge is 0.306 e. The average Bonchev–Trinajstić information content (AvgIpc) is 3.00. The number of sulfone groups is 1. The third-order valence-electron chi connectivity index (χ3n) is 3.96. The van der Waals surface area contributed by atoms with Crippen LogP contribution >= 0.6 is 0 Å². The number of hydrogen-bond donors (Lipinski definition) is 1. The predicted molar refractivity (Wildman–Crippen MR) is 101 cm³/mol. The number of aryl methyl sites for hydroxylation is 3. The van der Waals surface area contributed by atoms with Crippen LogP contribution in [0.3, 0.4) is 0 Å². The van der Waals surface area contributed by atoms with E-state index in [0.717, 1.165) is 24.3 Å². The van der Waals surface area contributed by atoms with Crippen molar-refractivity contribution in [2.75, 3.05) is 5.32 Å². The number of anilines is 1. The fraction of sp³-hybridized carbons (Fsp3) is 0.222. The lowest BCUT2D eigenvalue weighted by atomic mass is 10.2. The molecule has 1 N–H and O–H groups in total. The van der Waals surface area contributed by atoms with Gasteiger partial charge in [-0.05, 0) is 51.1 Å². The Morgan fingerprint density at radius 1 is 0.967 bits per heavy atom. The van der Waals surface area contributed by atoms with Crippen LogP contribution in [0.15, 0.2) is 41.3 Å². The van der Waals surface area contributed by atoms with Crippen molar-refractivity contribution < 1.29 is 26.4 Å². The Hall–Kier alpha value is -3.28. The van der Waals surface area contributed by atoms with Crippen LogP contribution in [0, 0.1) is 20.8 Å². The summed E-state index contributed by atoms with van der Waals surface area (Å²) in [4.78, 5) is 20.2. The lowest BCUT2D eigenvalue weighted by Crippen LogP contribution is -2.23. The Balaban J connectivity index is 1.89. The molecule has 158 valence electrons. The largest absolute Gasteiger partial charge is 0.501 e. The molecule has 0 aliphatic heterocycles. The molecule has 0 radical (unpaired) electrons. The number of nitrogens with zero attached hydrogens (tertiary/aromatic N) is 4. The topological polar surface area (TPSA) is 107 Å². The molecule has 3 aromatic rings. The summed E-state index contributed by atoms with van der Waals surface area (Å²) in [6.45, 7) is 5.26. The normalized spacial score (nSPS) is 12.1. The van der Waals surface area contributed by atoms with Gasteiger partial charge in [0.25, 0.3) is 21.7 Å². The van der Waals surface area contributed by atoms with Crippen molar-refractivity contribution in [2.24, 2.45) is 0 Å². The standard InChI is InChI=1S/C18H16F3N5O3S/c1-10-8-11(2)23-17(22-10)26-15(9-12(3)25-26)24-16(27)13-4-6-14(7-5-13)30(28,29)18(19,20)21/h4-9H,1-3H3,(H,24,27). The zero-order valence-corrected chi connectivity index (χ0v) is 16.8. The monoisotopic (exact) mass is 439 g/mol. The number of amides is 1. The summed E-state index contributed by atoms with van der Waals surface area (Å²) >= 11 is 0. The maximum atomic E-state index is 12.6. The van der Waals surface area contributed by atoms with Gasteiger partial charge in [0, 0.05) is 23.0 Å². The Kier molecular flexibility index (Phi) is 5.37. The van der Waals surface area contributed by atoms with E-state index in [9.17, 15) is 26.4 Å². The first-order chi connectivity index (χ1) is 13.9. The van der Waals surface area contributed by atoms with Crippen LogP contribution < -0.4 is 5.32 Å². The van der Waals surface area contributed by atoms with Gasteiger partial charge in [0.15, 0.2) is 0 Å². The quantitative estimate of drug-likeness (QED) is 0.669. The highest BCUT2D eigenvalue weighted by molar-refractivity contribution is 7.92. The van der Waals surface area contributed by atoms with Crippen molar-refractivity contribution >= 4 is 21.6 Å². The molecule has 0 aliphatic rings. The third-order valence-corrected chi connectivity index (χ3v) is 5.47. The lowest BCUT2D eigenvalue weighted by molar-refractivity contribution is -0.0436. The maximum Gasteiger partial charge on any atom is 0.501 e. The number of halogens is 3. The van der Waals surface area contributed by atoms with Crippen LogP contribution in [0.5, 0.6) is 0 Å². The highest BCUT2D eigenvalue weighted by Crippen LogP contribution is 2.30. The minimum atomic E-state index is -5.49. The fourth-order valence-corrected chi connectivity index (χ4v) is 3.41. The lowest BCUT2D eigenvalue weighted by Gasteiger charge is -2.10. The molecule has 12 heteroatoms. The molecule has 30 heavy (non-hydrogen) atoms. The Morgan fingerprint density at radius 3 is 2.07 bits per heavy atom. The van der Waals surface area contributed by atoms with Gasteiger partial charge in [0.05, 0.1) is 10.6 Å². The van der Waals surface area contributed by atoms with Gasteiger partial charge in [-0.2, -0.15) is 23.0 Å². The second-order valence-corrected chi connectivity index (χ2v) is 8.40. The summed E-state index contributed by atoms with van der Waals surface area (Å²) < 4.78 is 62.1. The number of nitrogens with one attached hydrogen (secondary N) is 1. The Bertz CT molecular complexity index is 1200. The van der Waals surface area contributed by atoms with Crippen molar-refractivity contribution in [1.82, 2.24) is 19.7 Å². The molecular formula is C18H16F3N5O3S. The predicted octanol–water partition coefficient (Wildman–Crippen LogP) is 3.13. The number of aromatic nitrogens is 4. The molecule has 3 rings (SSSR count). The molecular weight excluding hydrogens is 423 g/mol. The van der Waals surface area contributed by atoms with Gasteiger partial charge < -0.3 is 5.32 Å². The Morgan fingerprint density at radius 2 is 1.53 bits per heavy atom. The van der Waals surface area contributed by atoms with Gasteiger partial charge in [-0.3, -0.25) is 4.79 Å². The molecule has 0 spiro atoms. The molecule has 0 fully saturated rings. The van der Waals surface area contributed by atoms with Crippen molar-refractivity contribution in [2.45, 2.75) is 31.2 Å². The number of alkyl halides is 3. The zero-order valence-electron chi connectivity index (χ0n) is 16.0. The molecule has 0 bridgehead atoms. The van der Waals surface area contributed by atoms with E-state index >= 15 is 0 Å². The van der Waals surface area contributed by atoms with Crippen molar-refractivity contribution in [3.05, 3.63) is 59.0 Å². The van der Waals surface area contributed by atoms with Crippen molar-refractivity contribution in [1.29, 1.82) is 0 Å². The SMILES string of the molecule is Cc1cc(C)nc(-n2nc(C)cc2NC(=O)c2ccc(S(=O)(=O)C(F)(F)F)cc2)n1. The maximum absolute atomic E-state index is 12.6. The summed E-state index contributed by atoms with van der Waals surface area (Å²) in [7, 11) is -5.49. The number of benzene rings is 1. The van der Waals surface area contributed by atoms with E-state index in [-0.39, 0.29) is 17.3 Å². The van der Waals surface area contributed by atoms with Gasteiger partial charge in [-0.15, -0.1) is 0 Å². The van der Waals surface area contributed by atoms with Crippen LogP contribution in [-0.2, 0) is 9.84 Å². The van der Waals surface area contributed by atoms with E-state index in [2.05, 4.69) is 20.4 Å². The van der Waals surface area contributed by atoms with Gasteiger partial charge in [0.2, 0.25) is 0 Å². The molecule has 0 unspecified atom stereocenters. The zero-order chi connectivity index (χ0) is 22.3. The summed E-state index contributed by atoms with van der Waals surface area (Å²) in [5, 5.41) is 6.84. The van der Waals surface area contributed by atoms with Crippen molar-refractivity contribution in [3.8, 4) is 5.95 Å². The number of hydrogen-bond acceptors (Lipinski definition) is 6. The molecule has 0 saturated carbocycles. The minimum Gasteiger partial charge on any atom is -0.306 e. The molecule has 2 aromatic heterocycles. The van der Waals surface area contributed by atoms with Crippen LogP contribution in [-0.4, -0.2) is 39.6 Å². The molecule has 8 nitrogen and oxygen atoms in total. The van der Waals surface area contributed by atoms with E-state index in [4.69, 9.17) is 0 Å². The second-order valence-electron chi connectivity index (χ2n) is 6.46.